The van der Waals surface area contributed by atoms with Gasteiger partial charge in [0.25, 0.3) is 0 Å². The van der Waals surface area contributed by atoms with Crippen molar-refractivity contribution >= 4 is 0 Å². The number of aromatic nitrogens is 13. The van der Waals surface area contributed by atoms with Crippen molar-refractivity contribution in [3.05, 3.63) is 211 Å². The van der Waals surface area contributed by atoms with Crippen molar-refractivity contribution in [1.82, 2.24) is 65.0 Å². The highest BCUT2D eigenvalue weighted by Crippen LogP contribution is 1.90. The summed E-state index contributed by atoms with van der Waals surface area (Å²) >= 11 is 0. The maximum atomic E-state index is 3.92. The minimum absolute atomic E-state index is 0.822. The lowest BCUT2D eigenvalue weighted by Crippen LogP contribution is -1.80. The topological polar surface area (TPSA) is 168 Å². The monoisotopic (exact) mass is 960 g/mol. The van der Waals surface area contributed by atoms with Crippen LogP contribution in [0, 0.1) is 55.4 Å². The van der Waals surface area contributed by atoms with Gasteiger partial charge in [-0.3, -0.25) is 24.9 Å². The maximum Gasteiger partial charge on any atom is 0.125 e. The molecular weight excluding hydrogens is 867 g/mol. The third kappa shape index (κ3) is 67.4. The zero-order valence-corrected chi connectivity index (χ0v) is 47.4. The number of hydrogen-bond acceptors (Lipinski definition) is 13. The first kappa shape index (κ1) is 77.1. The van der Waals surface area contributed by atoms with Crippen LogP contribution in [0.5, 0.6) is 0 Å². The molecule has 8 aromatic heterocycles. The molecule has 8 heterocycles. The summed E-state index contributed by atoms with van der Waals surface area (Å²) < 4.78 is 0. The van der Waals surface area contributed by atoms with Crippen LogP contribution in [-0.2, 0) is 0 Å². The Morgan fingerprint density at radius 2 is 0.714 bits per heavy atom. The van der Waals surface area contributed by atoms with Gasteiger partial charge in [-0.1, -0.05) is 103 Å². The molecule has 0 N–H and O–H groups in total. The quantitative estimate of drug-likeness (QED) is 0.141. The smallest absolute Gasteiger partial charge is 0.125 e. The second kappa shape index (κ2) is 70.9. The molecule has 0 spiro atoms. The van der Waals surface area contributed by atoms with Crippen molar-refractivity contribution in [2.75, 3.05) is 0 Å². The van der Waals surface area contributed by atoms with Crippen LogP contribution in [0.2, 0.25) is 0 Å². The van der Waals surface area contributed by atoms with Crippen molar-refractivity contribution < 1.29 is 0 Å². The molecule has 0 radical (unpaired) electrons. The van der Waals surface area contributed by atoms with Gasteiger partial charge in [-0.2, -0.15) is 10.2 Å². The number of aryl methyl sites for hydroxylation is 8. The zero-order valence-electron chi connectivity index (χ0n) is 47.4. The Morgan fingerprint density at radius 1 is 0.257 bits per heavy atom. The van der Waals surface area contributed by atoms with Crippen LogP contribution < -0.4 is 0 Å². The van der Waals surface area contributed by atoms with E-state index >= 15 is 0 Å². The molecule has 0 atom stereocenters. The molecule has 0 aliphatic heterocycles. The summed E-state index contributed by atoms with van der Waals surface area (Å²) in [5, 5.41) is 7.36. The minimum Gasteiger partial charge on any atom is -0.265 e. The third-order valence-electron chi connectivity index (χ3n) is 6.02. The predicted octanol–water partition coefficient (Wildman–Crippen LogP) is 15.3. The molecule has 13 heteroatoms. The Balaban J connectivity index is -0.000000125. The molecule has 8 aromatic rings. The first-order valence-electron chi connectivity index (χ1n) is 24.4. The average Bonchev–Trinajstić information content (AvgIpc) is 3.43. The van der Waals surface area contributed by atoms with Crippen molar-refractivity contribution in [3.63, 3.8) is 0 Å². The van der Waals surface area contributed by atoms with Crippen molar-refractivity contribution in [2.24, 2.45) is 0 Å². The van der Waals surface area contributed by atoms with E-state index in [4.69, 9.17) is 0 Å². The van der Waals surface area contributed by atoms with Gasteiger partial charge >= 0.3 is 0 Å². The summed E-state index contributed by atoms with van der Waals surface area (Å²) in [5.74, 6) is 0.822. The lowest BCUT2D eigenvalue weighted by Gasteiger charge is -1.82. The summed E-state index contributed by atoms with van der Waals surface area (Å²) in [6.45, 7) is 43.7. The van der Waals surface area contributed by atoms with Gasteiger partial charge in [0.1, 0.15) is 18.5 Å². The summed E-state index contributed by atoms with van der Waals surface area (Å²) in [6, 6.07) is 19.3. The average molecular weight is 960 g/mol. The largest absolute Gasteiger partial charge is 0.265 e. The SMILES string of the molecule is CC.CC.CC.CC.CC.CC.CC.Cc1cccnc1.Cc1cccnn1.Cc1ccncc1.Cc1ccncc1.Cc1ccncn1.Cc1cnccn1.Cc1cncnc1.Cc1ncccn1. The summed E-state index contributed by atoms with van der Waals surface area (Å²) in [7, 11) is 0. The Morgan fingerprint density at radius 3 is 0.914 bits per heavy atom. The maximum absolute atomic E-state index is 3.92. The molecular formula is C57H93N13. The molecule has 386 valence electrons. The van der Waals surface area contributed by atoms with Crippen LogP contribution in [0.4, 0.5) is 0 Å². The van der Waals surface area contributed by atoms with E-state index < -0.39 is 0 Å². The van der Waals surface area contributed by atoms with E-state index in [9.17, 15) is 0 Å². The Hall–Kier alpha value is -7.15. The van der Waals surface area contributed by atoms with Gasteiger partial charge < -0.3 is 0 Å². The molecule has 0 aliphatic rings. The minimum atomic E-state index is 0.822. The van der Waals surface area contributed by atoms with Gasteiger partial charge in [0.15, 0.2) is 0 Å². The normalized spacial score (nSPS) is 7.57. The van der Waals surface area contributed by atoms with E-state index in [1.54, 1.807) is 92.8 Å². The van der Waals surface area contributed by atoms with Gasteiger partial charge in [-0.25, -0.2) is 29.9 Å². The molecule has 0 bridgehead atoms. The molecule has 70 heavy (non-hydrogen) atoms. The van der Waals surface area contributed by atoms with Gasteiger partial charge in [0.05, 0.1) is 11.4 Å². The van der Waals surface area contributed by atoms with E-state index in [1.807, 2.05) is 213 Å². The molecule has 0 aliphatic carbocycles. The lowest BCUT2D eigenvalue weighted by molar-refractivity contribution is 0.980. The van der Waals surface area contributed by atoms with Crippen molar-refractivity contribution in [1.29, 1.82) is 0 Å². The summed E-state index contributed by atoms with van der Waals surface area (Å²) in [5.41, 5.74) is 7.76. The van der Waals surface area contributed by atoms with Crippen LogP contribution in [0.25, 0.3) is 0 Å². The van der Waals surface area contributed by atoms with Crippen LogP contribution in [0.3, 0.4) is 0 Å². The zero-order chi connectivity index (χ0) is 54.9. The highest BCUT2D eigenvalue weighted by Gasteiger charge is 1.78. The van der Waals surface area contributed by atoms with E-state index in [0.29, 0.717) is 0 Å². The molecule has 0 saturated carbocycles. The molecule has 13 nitrogen and oxygen atoms in total. The van der Waals surface area contributed by atoms with Crippen LogP contribution >= 0.6 is 0 Å². The van der Waals surface area contributed by atoms with Crippen LogP contribution in [0.1, 0.15) is 142 Å². The highest BCUT2D eigenvalue weighted by molar-refractivity contribution is 5.07. The van der Waals surface area contributed by atoms with Gasteiger partial charge in [-0.05, 0) is 132 Å². The first-order valence-corrected chi connectivity index (χ1v) is 24.4. The van der Waals surface area contributed by atoms with Gasteiger partial charge in [0, 0.05) is 98.6 Å². The van der Waals surface area contributed by atoms with E-state index in [1.165, 1.54) is 29.3 Å². The van der Waals surface area contributed by atoms with Crippen LogP contribution in [-0.4, -0.2) is 65.0 Å². The fourth-order valence-corrected chi connectivity index (χ4v) is 3.16. The van der Waals surface area contributed by atoms with Crippen molar-refractivity contribution in [2.45, 2.75) is 152 Å². The Kier molecular flexibility index (Phi) is 78.0. The summed E-state index contributed by atoms with van der Waals surface area (Å²) in [6.07, 6.45) is 29.2. The number of pyridine rings is 3. The van der Waals surface area contributed by atoms with Gasteiger partial charge in [0.2, 0.25) is 0 Å². The molecule has 0 amide bonds. The van der Waals surface area contributed by atoms with Gasteiger partial charge in [-0.15, -0.1) is 0 Å². The highest BCUT2D eigenvalue weighted by atomic mass is 15.1. The summed E-state index contributed by atoms with van der Waals surface area (Å²) in [4.78, 5) is 42.2. The number of nitrogens with zero attached hydrogens (tertiary/aromatic N) is 13. The number of hydrogen-bond donors (Lipinski definition) is 0. The fraction of sp³-hybridized carbons (Fsp3) is 0.386. The van der Waals surface area contributed by atoms with E-state index in [0.717, 1.165) is 28.5 Å². The lowest BCUT2D eigenvalue weighted by atomic mass is 10.3. The second-order valence-corrected chi connectivity index (χ2v) is 11.4. The van der Waals surface area contributed by atoms with E-state index in [-0.39, 0.29) is 0 Å². The molecule has 0 fully saturated rings. The molecule has 0 unspecified atom stereocenters. The van der Waals surface area contributed by atoms with E-state index in [2.05, 4.69) is 65.0 Å². The standard InChI is InChI=1S/3C6H7N.5C5H6N2.7C2H6/c2*1-6-2-4-7-5-3-6;1-6-3-2-4-7-5-6;1-5-2-6-4-7-3-5;1-5-4-6-2-3-7-5;1-5-2-3-6-4-7-5;1-5-6-3-2-4-7-5;1-5-3-2-4-6-7-5;7*1-2/h3*2-5H,1H3;5*2-4H,1H3;7*1-2H3. The fourth-order valence-electron chi connectivity index (χ4n) is 3.16. The van der Waals surface area contributed by atoms with Crippen LogP contribution in [0.15, 0.2) is 166 Å². The molecule has 0 aromatic carbocycles. The molecule has 8 rings (SSSR count). The second-order valence-electron chi connectivity index (χ2n) is 11.4. The Labute approximate surface area is 427 Å². The predicted molar refractivity (Wildman–Crippen MR) is 300 cm³/mol. The molecule has 0 saturated heterocycles. The van der Waals surface area contributed by atoms with Crippen molar-refractivity contribution in [3.8, 4) is 0 Å². The third-order valence-corrected chi connectivity index (χ3v) is 6.02. The Bertz CT molecular complexity index is 1540. The first-order chi connectivity index (χ1) is 34.2. The number of rotatable bonds is 0.